The molecule has 1 N–H and O–H groups in total. The average molecular weight is 432 g/mol. The first-order valence-electron chi connectivity index (χ1n) is 10.7. The first-order valence-corrected chi connectivity index (χ1v) is 10.7. The van der Waals surface area contributed by atoms with E-state index < -0.39 is 0 Å². The summed E-state index contributed by atoms with van der Waals surface area (Å²) in [6, 6.07) is 9.31. The maximum Gasteiger partial charge on any atom is 0.252 e. The smallest absolute Gasteiger partial charge is 0.252 e. The van der Waals surface area contributed by atoms with E-state index in [1.807, 2.05) is 30.3 Å². The van der Waals surface area contributed by atoms with Crippen molar-refractivity contribution in [2.75, 3.05) is 39.4 Å². The second-order valence-corrected chi connectivity index (χ2v) is 7.63. The minimum atomic E-state index is -0.145. The Morgan fingerprint density at radius 1 is 1.16 bits per heavy atom. The fraction of sp³-hybridized carbons (Fsp3) is 0.304. The Kier molecular flexibility index (Phi) is 5.91. The lowest BCUT2D eigenvalue weighted by molar-refractivity contribution is 0.0383. The van der Waals surface area contributed by atoms with Gasteiger partial charge in [-0.15, -0.1) is 0 Å². The summed E-state index contributed by atoms with van der Waals surface area (Å²) in [5.74, 6) is 0.619. The Morgan fingerprint density at radius 2 is 2.06 bits per heavy atom. The zero-order valence-electron chi connectivity index (χ0n) is 17.6. The van der Waals surface area contributed by atoms with Crippen molar-refractivity contribution >= 4 is 16.9 Å². The third-order valence-electron chi connectivity index (χ3n) is 5.51. The Balaban J connectivity index is 1.44. The number of amides is 1. The largest absolute Gasteiger partial charge is 0.467 e. The third-order valence-corrected chi connectivity index (χ3v) is 5.51. The van der Waals surface area contributed by atoms with E-state index in [0.29, 0.717) is 35.4 Å². The fourth-order valence-corrected chi connectivity index (χ4v) is 3.81. The number of furan rings is 1. The van der Waals surface area contributed by atoms with E-state index in [4.69, 9.17) is 14.1 Å². The van der Waals surface area contributed by atoms with Crippen LogP contribution < -0.4 is 5.32 Å². The van der Waals surface area contributed by atoms with Crippen LogP contribution in [-0.2, 0) is 11.3 Å². The molecule has 4 aromatic heterocycles. The SMILES string of the molecule is O=C(NCCN1CCOCC1)c1cc(-c2cccnc2)nc2c1cnn2Cc1ccco1. The van der Waals surface area contributed by atoms with Crippen molar-refractivity contribution in [1.82, 2.24) is 30.0 Å². The zero-order valence-corrected chi connectivity index (χ0v) is 17.6. The molecule has 0 spiro atoms. The van der Waals surface area contributed by atoms with E-state index in [1.54, 1.807) is 29.5 Å². The number of pyridine rings is 2. The number of morpholine rings is 1. The lowest BCUT2D eigenvalue weighted by Crippen LogP contribution is -2.41. The number of aromatic nitrogens is 4. The third kappa shape index (κ3) is 4.39. The van der Waals surface area contributed by atoms with Crippen molar-refractivity contribution in [3.63, 3.8) is 0 Å². The van der Waals surface area contributed by atoms with Gasteiger partial charge in [0, 0.05) is 44.1 Å². The Hall–Kier alpha value is -3.56. The standard InChI is InChI=1S/C23H24N6O3/c30-23(25-6-7-28-8-11-31-12-9-28)19-13-21(17-3-1-5-24-14-17)27-22-20(19)15-26-29(22)16-18-4-2-10-32-18/h1-5,10,13-15H,6-9,11-12,16H2,(H,25,30). The summed E-state index contributed by atoms with van der Waals surface area (Å²) in [6.07, 6.45) is 6.77. The maximum absolute atomic E-state index is 13.2. The van der Waals surface area contributed by atoms with Crippen LogP contribution in [0.1, 0.15) is 16.1 Å². The summed E-state index contributed by atoms with van der Waals surface area (Å²) in [5, 5.41) is 8.23. The Bertz CT molecular complexity index is 1180. The minimum Gasteiger partial charge on any atom is -0.467 e. The number of nitrogens with zero attached hydrogens (tertiary/aromatic N) is 5. The molecule has 164 valence electrons. The van der Waals surface area contributed by atoms with E-state index in [1.165, 1.54) is 0 Å². The monoisotopic (exact) mass is 432 g/mol. The second-order valence-electron chi connectivity index (χ2n) is 7.63. The molecule has 1 fully saturated rings. The van der Waals surface area contributed by atoms with E-state index in [9.17, 15) is 4.79 Å². The molecule has 5 heterocycles. The molecule has 1 aliphatic heterocycles. The molecule has 1 saturated heterocycles. The number of nitrogens with one attached hydrogen (secondary N) is 1. The number of hydrogen-bond acceptors (Lipinski definition) is 7. The molecule has 5 rings (SSSR count). The van der Waals surface area contributed by atoms with E-state index in [0.717, 1.165) is 44.2 Å². The van der Waals surface area contributed by atoms with Crippen molar-refractivity contribution in [3.8, 4) is 11.3 Å². The lowest BCUT2D eigenvalue weighted by atomic mass is 10.1. The van der Waals surface area contributed by atoms with Crippen molar-refractivity contribution in [2.45, 2.75) is 6.54 Å². The summed E-state index contributed by atoms with van der Waals surface area (Å²) >= 11 is 0. The van der Waals surface area contributed by atoms with Gasteiger partial charge in [-0.25, -0.2) is 9.67 Å². The number of rotatable bonds is 7. The van der Waals surface area contributed by atoms with Crippen molar-refractivity contribution < 1.29 is 13.9 Å². The van der Waals surface area contributed by atoms with Gasteiger partial charge >= 0.3 is 0 Å². The molecule has 32 heavy (non-hydrogen) atoms. The second kappa shape index (κ2) is 9.29. The Morgan fingerprint density at radius 3 is 2.84 bits per heavy atom. The highest BCUT2D eigenvalue weighted by Crippen LogP contribution is 2.25. The van der Waals surface area contributed by atoms with Crippen molar-refractivity contribution in [2.24, 2.45) is 0 Å². The highest BCUT2D eigenvalue weighted by atomic mass is 16.5. The van der Waals surface area contributed by atoms with Gasteiger partial charge in [0.25, 0.3) is 5.91 Å². The summed E-state index contributed by atoms with van der Waals surface area (Å²) < 4.78 is 12.6. The van der Waals surface area contributed by atoms with Crippen LogP contribution >= 0.6 is 0 Å². The number of fused-ring (bicyclic) bond motifs is 1. The average Bonchev–Trinajstić information content (AvgIpc) is 3.50. The molecule has 1 amide bonds. The fourth-order valence-electron chi connectivity index (χ4n) is 3.81. The molecule has 0 unspecified atom stereocenters. The van der Waals surface area contributed by atoms with Crippen LogP contribution in [0.4, 0.5) is 0 Å². The van der Waals surface area contributed by atoms with E-state index in [2.05, 4.69) is 20.3 Å². The van der Waals surface area contributed by atoms with Crippen LogP contribution in [0.5, 0.6) is 0 Å². The van der Waals surface area contributed by atoms with Gasteiger partial charge in [-0.3, -0.25) is 14.7 Å². The molecule has 0 aromatic carbocycles. The van der Waals surface area contributed by atoms with Crippen molar-refractivity contribution in [1.29, 1.82) is 0 Å². The van der Waals surface area contributed by atoms with E-state index in [-0.39, 0.29) is 5.91 Å². The minimum absolute atomic E-state index is 0.145. The van der Waals surface area contributed by atoms with Gasteiger partial charge in [0.05, 0.1) is 42.3 Å². The quantitative estimate of drug-likeness (QED) is 0.478. The highest BCUT2D eigenvalue weighted by Gasteiger charge is 2.18. The van der Waals surface area contributed by atoms with Crippen LogP contribution in [0, 0.1) is 0 Å². The molecule has 1 aliphatic rings. The van der Waals surface area contributed by atoms with Gasteiger partial charge in [0.2, 0.25) is 0 Å². The molecule has 0 aliphatic carbocycles. The number of hydrogen-bond donors (Lipinski definition) is 1. The number of carbonyl (C=O) groups excluding carboxylic acids is 1. The molecule has 9 nitrogen and oxygen atoms in total. The van der Waals surface area contributed by atoms with E-state index >= 15 is 0 Å². The molecule has 0 bridgehead atoms. The van der Waals surface area contributed by atoms with Gasteiger partial charge in [0.15, 0.2) is 5.65 Å². The van der Waals surface area contributed by atoms with Gasteiger partial charge in [-0.2, -0.15) is 5.10 Å². The summed E-state index contributed by atoms with van der Waals surface area (Å²) in [6.45, 7) is 5.03. The molecular weight excluding hydrogens is 408 g/mol. The summed E-state index contributed by atoms with van der Waals surface area (Å²) in [5.41, 5.74) is 2.68. The molecule has 9 heteroatoms. The number of carbonyl (C=O) groups is 1. The first-order chi connectivity index (χ1) is 15.8. The zero-order chi connectivity index (χ0) is 21.8. The molecule has 0 saturated carbocycles. The van der Waals surface area contributed by atoms with Gasteiger partial charge in [-0.1, -0.05) is 0 Å². The van der Waals surface area contributed by atoms with Crippen molar-refractivity contribution in [3.05, 3.63) is 66.5 Å². The van der Waals surface area contributed by atoms with Crippen LogP contribution in [-0.4, -0.2) is 69.9 Å². The summed E-state index contributed by atoms with van der Waals surface area (Å²) in [4.78, 5) is 24.4. The molecular formula is C23H24N6O3. The topological polar surface area (TPSA) is 98.3 Å². The highest BCUT2D eigenvalue weighted by molar-refractivity contribution is 6.06. The lowest BCUT2D eigenvalue weighted by Gasteiger charge is -2.26. The van der Waals surface area contributed by atoms with Crippen LogP contribution in [0.3, 0.4) is 0 Å². The predicted octanol–water partition coefficient (Wildman–Crippen LogP) is 2.20. The van der Waals surface area contributed by atoms with Gasteiger partial charge in [-0.05, 0) is 30.3 Å². The summed E-state index contributed by atoms with van der Waals surface area (Å²) in [7, 11) is 0. The van der Waals surface area contributed by atoms with Crippen LogP contribution in [0.15, 0.2) is 59.6 Å². The molecule has 4 aromatic rings. The van der Waals surface area contributed by atoms with Gasteiger partial charge < -0.3 is 14.5 Å². The number of ether oxygens (including phenoxy) is 1. The Labute approximate surface area is 185 Å². The maximum atomic E-state index is 13.2. The first kappa shape index (κ1) is 20.3. The predicted molar refractivity (Wildman–Crippen MR) is 118 cm³/mol. The molecule has 0 atom stereocenters. The van der Waals surface area contributed by atoms with Crippen LogP contribution in [0.2, 0.25) is 0 Å². The normalized spacial score (nSPS) is 14.6. The van der Waals surface area contributed by atoms with Crippen LogP contribution in [0.25, 0.3) is 22.3 Å². The van der Waals surface area contributed by atoms with Gasteiger partial charge in [0.1, 0.15) is 12.3 Å². The molecule has 0 radical (unpaired) electrons.